The molecule has 1 N–H and O–H groups in total. The fraction of sp³-hybridized carbons (Fsp3) is 0.300. The largest absolute Gasteiger partial charge is 0.483 e. The molecule has 2 aromatic carbocycles. The van der Waals surface area contributed by atoms with E-state index in [-0.39, 0.29) is 18.4 Å². The van der Waals surface area contributed by atoms with E-state index in [9.17, 15) is 4.79 Å². The van der Waals surface area contributed by atoms with E-state index < -0.39 is 0 Å². The maximum absolute atomic E-state index is 12.1. The molecule has 2 aromatic rings. The van der Waals surface area contributed by atoms with Gasteiger partial charge in [-0.3, -0.25) is 4.79 Å². The van der Waals surface area contributed by atoms with Crippen LogP contribution in [0.4, 0.5) is 0 Å². The van der Waals surface area contributed by atoms with Crippen molar-refractivity contribution in [3.05, 3.63) is 65.2 Å². The third-order valence-electron chi connectivity index (χ3n) is 3.67. The zero-order chi connectivity index (χ0) is 17.5. The Labute approximate surface area is 143 Å². The minimum atomic E-state index is -0.272. The van der Waals surface area contributed by atoms with Crippen molar-refractivity contribution in [3.63, 3.8) is 0 Å². The lowest BCUT2D eigenvalue weighted by Gasteiger charge is -2.12. The Balaban J connectivity index is 2.01. The molecule has 2 rings (SSSR count). The molecule has 0 aliphatic heterocycles. The summed E-state index contributed by atoms with van der Waals surface area (Å²) in [5, 5.41) is 4.29. The zero-order valence-corrected chi connectivity index (χ0v) is 14.7. The summed E-state index contributed by atoms with van der Waals surface area (Å²) in [6.45, 7) is 7.96. The number of hydrazone groups is 1. The monoisotopic (exact) mass is 324 g/mol. The molecule has 4 heteroatoms. The highest BCUT2D eigenvalue weighted by atomic mass is 16.5. The predicted octanol–water partition coefficient (Wildman–Crippen LogP) is 3.86. The number of amides is 1. The number of hydrogen-bond donors (Lipinski definition) is 1. The third-order valence-corrected chi connectivity index (χ3v) is 3.67. The Hall–Kier alpha value is -2.62. The number of carbonyl (C=O) groups is 1. The van der Waals surface area contributed by atoms with Gasteiger partial charge in [0.15, 0.2) is 6.61 Å². The lowest BCUT2D eigenvalue weighted by molar-refractivity contribution is -0.123. The van der Waals surface area contributed by atoms with Gasteiger partial charge in [-0.1, -0.05) is 62.4 Å². The van der Waals surface area contributed by atoms with Crippen LogP contribution in [0.2, 0.25) is 0 Å². The number of nitrogens with one attached hydrogen (secondary N) is 1. The van der Waals surface area contributed by atoms with Gasteiger partial charge in [-0.25, -0.2) is 5.43 Å². The smallest absolute Gasteiger partial charge is 0.277 e. The van der Waals surface area contributed by atoms with Crippen LogP contribution < -0.4 is 10.2 Å². The number of aryl methyl sites for hydroxylation is 2. The van der Waals surface area contributed by atoms with E-state index in [2.05, 4.69) is 10.5 Å². The van der Waals surface area contributed by atoms with Crippen molar-refractivity contribution < 1.29 is 9.53 Å². The molecule has 0 aliphatic carbocycles. The summed E-state index contributed by atoms with van der Waals surface area (Å²) in [7, 11) is 0. The maximum Gasteiger partial charge on any atom is 0.277 e. The van der Waals surface area contributed by atoms with Crippen molar-refractivity contribution in [2.45, 2.75) is 27.7 Å². The molecular weight excluding hydrogens is 300 g/mol. The topological polar surface area (TPSA) is 50.7 Å². The summed E-state index contributed by atoms with van der Waals surface area (Å²) >= 11 is 0. The number of carbonyl (C=O) groups excluding carboxylic acids is 1. The molecule has 0 radical (unpaired) electrons. The first-order valence-electron chi connectivity index (χ1n) is 8.10. The Bertz CT molecular complexity index is 701. The third kappa shape index (κ3) is 4.69. The van der Waals surface area contributed by atoms with Gasteiger partial charge in [0.2, 0.25) is 0 Å². The summed E-state index contributed by atoms with van der Waals surface area (Å²) < 4.78 is 5.65. The lowest BCUT2D eigenvalue weighted by Crippen LogP contribution is -2.27. The van der Waals surface area contributed by atoms with Crippen LogP contribution in [0, 0.1) is 19.8 Å². The number of rotatable bonds is 6. The lowest BCUT2D eigenvalue weighted by atomic mass is 10.0. The van der Waals surface area contributed by atoms with Gasteiger partial charge in [-0.2, -0.15) is 5.10 Å². The van der Waals surface area contributed by atoms with Crippen molar-refractivity contribution in [2.24, 2.45) is 11.0 Å². The maximum atomic E-state index is 12.1. The molecule has 0 atom stereocenters. The summed E-state index contributed by atoms with van der Waals surface area (Å²) in [6.07, 6.45) is 0. The second kappa shape index (κ2) is 8.29. The number of ether oxygens (including phenoxy) is 1. The number of benzene rings is 2. The highest BCUT2D eigenvalue weighted by Gasteiger charge is 2.10. The molecule has 0 spiro atoms. The molecule has 24 heavy (non-hydrogen) atoms. The minimum absolute atomic E-state index is 0.0602. The standard InChI is InChI=1S/C20H24N2O2/c1-14(2)19(17-11-6-5-7-12-17)22-21-18(23)13-24-20-15(3)9-8-10-16(20)4/h5-12,14H,13H2,1-4H3,(H,21,23)/b22-19+. The molecule has 0 aliphatic rings. The van der Waals surface area contributed by atoms with Gasteiger partial charge in [0.1, 0.15) is 5.75 Å². The van der Waals surface area contributed by atoms with Gasteiger partial charge in [0.05, 0.1) is 5.71 Å². The SMILES string of the molecule is Cc1cccc(C)c1OCC(=O)N/N=C(/c1ccccc1)C(C)C. The van der Waals surface area contributed by atoms with Gasteiger partial charge in [-0.05, 0) is 36.5 Å². The molecule has 4 nitrogen and oxygen atoms in total. The molecule has 126 valence electrons. The molecule has 0 aromatic heterocycles. The van der Waals surface area contributed by atoms with Crippen LogP contribution in [0.5, 0.6) is 5.75 Å². The number of para-hydroxylation sites is 1. The normalized spacial score (nSPS) is 11.5. The molecular formula is C20H24N2O2. The van der Waals surface area contributed by atoms with E-state index in [1.54, 1.807) is 0 Å². The van der Waals surface area contributed by atoms with Crippen LogP contribution in [0.3, 0.4) is 0 Å². The average Bonchev–Trinajstić information content (AvgIpc) is 2.55. The van der Waals surface area contributed by atoms with Crippen molar-refractivity contribution in [1.29, 1.82) is 0 Å². The van der Waals surface area contributed by atoms with Gasteiger partial charge in [0.25, 0.3) is 5.91 Å². The second-order valence-corrected chi connectivity index (χ2v) is 6.06. The van der Waals surface area contributed by atoms with E-state index in [1.807, 2.05) is 76.2 Å². The predicted molar refractivity (Wildman–Crippen MR) is 97.4 cm³/mol. The van der Waals surface area contributed by atoms with Crippen LogP contribution in [-0.2, 0) is 4.79 Å². The van der Waals surface area contributed by atoms with Crippen LogP contribution in [-0.4, -0.2) is 18.2 Å². The van der Waals surface area contributed by atoms with E-state index in [0.717, 1.165) is 28.2 Å². The van der Waals surface area contributed by atoms with Gasteiger partial charge in [0, 0.05) is 0 Å². The van der Waals surface area contributed by atoms with Crippen LogP contribution in [0.25, 0.3) is 0 Å². The van der Waals surface area contributed by atoms with Crippen molar-refractivity contribution in [2.75, 3.05) is 6.61 Å². The van der Waals surface area contributed by atoms with Gasteiger partial charge in [-0.15, -0.1) is 0 Å². The quantitative estimate of drug-likeness (QED) is 0.648. The molecule has 0 saturated heterocycles. The Morgan fingerprint density at radius 3 is 2.25 bits per heavy atom. The first kappa shape index (κ1) is 17.7. The van der Waals surface area contributed by atoms with E-state index >= 15 is 0 Å². The fourth-order valence-corrected chi connectivity index (χ4v) is 2.46. The van der Waals surface area contributed by atoms with Crippen LogP contribution >= 0.6 is 0 Å². The van der Waals surface area contributed by atoms with Crippen LogP contribution in [0.15, 0.2) is 53.6 Å². The zero-order valence-electron chi connectivity index (χ0n) is 14.7. The summed E-state index contributed by atoms with van der Waals surface area (Å²) in [4.78, 5) is 12.1. The molecule has 0 bridgehead atoms. The van der Waals surface area contributed by atoms with E-state index in [0.29, 0.717) is 0 Å². The van der Waals surface area contributed by atoms with Crippen LogP contribution in [0.1, 0.15) is 30.5 Å². The van der Waals surface area contributed by atoms with Crippen molar-refractivity contribution in [3.8, 4) is 5.75 Å². The fourth-order valence-electron chi connectivity index (χ4n) is 2.46. The second-order valence-electron chi connectivity index (χ2n) is 6.06. The van der Waals surface area contributed by atoms with E-state index in [4.69, 9.17) is 4.74 Å². The van der Waals surface area contributed by atoms with Gasteiger partial charge >= 0.3 is 0 Å². The Morgan fingerprint density at radius 1 is 1.04 bits per heavy atom. The molecule has 0 saturated carbocycles. The first-order valence-corrected chi connectivity index (χ1v) is 8.10. The molecule has 1 amide bonds. The Morgan fingerprint density at radius 2 is 1.67 bits per heavy atom. The summed E-state index contributed by atoms with van der Waals surface area (Å²) in [5.74, 6) is 0.683. The van der Waals surface area contributed by atoms with Crippen molar-refractivity contribution in [1.82, 2.24) is 5.43 Å². The van der Waals surface area contributed by atoms with Gasteiger partial charge < -0.3 is 4.74 Å². The number of hydrogen-bond acceptors (Lipinski definition) is 3. The molecule has 0 fully saturated rings. The minimum Gasteiger partial charge on any atom is -0.483 e. The average molecular weight is 324 g/mol. The summed E-state index contributed by atoms with van der Waals surface area (Å²) in [5.41, 5.74) is 6.47. The molecule has 0 heterocycles. The highest BCUT2D eigenvalue weighted by Crippen LogP contribution is 2.22. The Kier molecular flexibility index (Phi) is 6.13. The first-order chi connectivity index (χ1) is 11.5. The molecule has 0 unspecified atom stereocenters. The highest BCUT2D eigenvalue weighted by molar-refractivity contribution is 6.02. The van der Waals surface area contributed by atoms with Crippen molar-refractivity contribution >= 4 is 11.6 Å². The number of nitrogens with zero attached hydrogens (tertiary/aromatic N) is 1. The van der Waals surface area contributed by atoms with E-state index in [1.165, 1.54) is 0 Å². The summed E-state index contributed by atoms with van der Waals surface area (Å²) in [6, 6.07) is 15.7.